The molecular formula is C24H21N3O4S. The maximum atomic E-state index is 12.7. The fourth-order valence-corrected chi connectivity index (χ4v) is 3.95. The lowest BCUT2D eigenvalue weighted by Crippen LogP contribution is -2.13. The average molecular weight is 448 g/mol. The summed E-state index contributed by atoms with van der Waals surface area (Å²) in [7, 11) is 1.35. The topological polar surface area (TPSA) is 94.3 Å². The van der Waals surface area contributed by atoms with Crippen LogP contribution < -0.4 is 5.32 Å². The number of fused-ring (bicyclic) bond motifs is 1. The van der Waals surface area contributed by atoms with Crippen molar-refractivity contribution in [2.45, 2.75) is 24.8 Å². The standard InChI is InChI=1S/C24H21N3O4S/c1-14-15(2)31-22-19(14)20(25-21(28)17-7-5-4-6-8-17)26-24(27-22)32-13-16-9-11-18(12-10-16)23(29)30-3/h4-12H,13H2,1-3H3,(H,25,26,27,28). The molecule has 0 bridgehead atoms. The predicted molar refractivity (Wildman–Crippen MR) is 123 cm³/mol. The van der Waals surface area contributed by atoms with Crippen molar-refractivity contribution in [3.05, 3.63) is 82.6 Å². The molecule has 0 fully saturated rings. The molecule has 1 N–H and O–H groups in total. The van der Waals surface area contributed by atoms with E-state index < -0.39 is 0 Å². The molecule has 0 spiro atoms. The van der Waals surface area contributed by atoms with Gasteiger partial charge in [-0.15, -0.1) is 0 Å². The van der Waals surface area contributed by atoms with E-state index >= 15 is 0 Å². The van der Waals surface area contributed by atoms with Crippen LogP contribution in [0.25, 0.3) is 11.1 Å². The van der Waals surface area contributed by atoms with E-state index in [9.17, 15) is 9.59 Å². The highest BCUT2D eigenvalue weighted by molar-refractivity contribution is 7.98. The molecule has 0 aliphatic rings. The first-order valence-corrected chi connectivity index (χ1v) is 10.9. The summed E-state index contributed by atoms with van der Waals surface area (Å²) in [5.74, 6) is 1.10. The molecule has 4 rings (SSSR count). The van der Waals surface area contributed by atoms with Crippen molar-refractivity contribution < 1.29 is 18.7 Å². The van der Waals surface area contributed by atoms with Crippen molar-refractivity contribution in [1.29, 1.82) is 0 Å². The van der Waals surface area contributed by atoms with Gasteiger partial charge in [0, 0.05) is 16.9 Å². The molecule has 7 nitrogen and oxygen atoms in total. The fourth-order valence-electron chi connectivity index (χ4n) is 3.16. The molecule has 2 aromatic heterocycles. The number of nitrogens with one attached hydrogen (secondary N) is 1. The Hall–Kier alpha value is -3.65. The van der Waals surface area contributed by atoms with Gasteiger partial charge in [-0.05, 0) is 43.7 Å². The van der Waals surface area contributed by atoms with Gasteiger partial charge in [0.2, 0.25) is 5.71 Å². The fraction of sp³-hybridized carbons (Fsp3) is 0.167. The van der Waals surface area contributed by atoms with E-state index in [0.29, 0.717) is 39.0 Å². The Kier molecular flexibility index (Phi) is 6.23. The molecule has 0 unspecified atom stereocenters. The minimum absolute atomic E-state index is 0.252. The second kappa shape index (κ2) is 9.23. The van der Waals surface area contributed by atoms with E-state index in [4.69, 9.17) is 9.15 Å². The smallest absolute Gasteiger partial charge is 0.337 e. The SMILES string of the molecule is COC(=O)c1ccc(CSc2nc(NC(=O)c3ccccc3)c3c(C)c(C)oc3n2)cc1. The van der Waals surface area contributed by atoms with E-state index in [1.807, 2.05) is 44.2 Å². The van der Waals surface area contributed by atoms with Crippen LogP contribution >= 0.6 is 11.8 Å². The van der Waals surface area contributed by atoms with Gasteiger partial charge in [0.25, 0.3) is 5.91 Å². The molecule has 2 aromatic carbocycles. The lowest BCUT2D eigenvalue weighted by Gasteiger charge is -2.08. The maximum absolute atomic E-state index is 12.7. The lowest BCUT2D eigenvalue weighted by atomic mass is 10.1. The molecule has 0 radical (unpaired) electrons. The minimum Gasteiger partial charge on any atom is -0.465 e. The molecule has 32 heavy (non-hydrogen) atoms. The summed E-state index contributed by atoms with van der Waals surface area (Å²) in [6.45, 7) is 3.77. The summed E-state index contributed by atoms with van der Waals surface area (Å²) < 4.78 is 10.5. The van der Waals surface area contributed by atoms with Crippen LogP contribution in [-0.4, -0.2) is 29.0 Å². The van der Waals surface area contributed by atoms with Gasteiger partial charge in [0.15, 0.2) is 5.16 Å². The number of rotatable bonds is 6. The van der Waals surface area contributed by atoms with Crippen molar-refractivity contribution in [1.82, 2.24) is 9.97 Å². The first-order chi connectivity index (χ1) is 15.5. The summed E-state index contributed by atoms with van der Waals surface area (Å²) in [6.07, 6.45) is 0. The maximum Gasteiger partial charge on any atom is 0.337 e. The van der Waals surface area contributed by atoms with Gasteiger partial charge in [-0.25, -0.2) is 9.78 Å². The molecule has 0 saturated carbocycles. The predicted octanol–water partition coefficient (Wildman–Crippen LogP) is 5.17. The highest BCUT2D eigenvalue weighted by Crippen LogP contribution is 2.32. The van der Waals surface area contributed by atoms with Gasteiger partial charge < -0.3 is 14.5 Å². The third-order valence-corrected chi connectivity index (χ3v) is 5.94. The molecule has 0 saturated heterocycles. The zero-order chi connectivity index (χ0) is 22.7. The minimum atomic E-state index is -0.375. The number of ether oxygens (including phenoxy) is 1. The number of hydrogen-bond acceptors (Lipinski definition) is 7. The van der Waals surface area contributed by atoms with Crippen molar-refractivity contribution in [2.75, 3.05) is 12.4 Å². The van der Waals surface area contributed by atoms with Crippen LogP contribution in [0.4, 0.5) is 5.82 Å². The Bertz CT molecular complexity index is 1280. The van der Waals surface area contributed by atoms with Gasteiger partial charge in [-0.2, -0.15) is 4.98 Å². The van der Waals surface area contributed by atoms with E-state index in [0.717, 1.165) is 16.9 Å². The Labute approximate surface area is 189 Å². The van der Waals surface area contributed by atoms with Crippen LogP contribution in [-0.2, 0) is 10.5 Å². The number of anilines is 1. The van der Waals surface area contributed by atoms with Gasteiger partial charge in [-0.1, -0.05) is 42.1 Å². The number of thioether (sulfide) groups is 1. The van der Waals surface area contributed by atoms with E-state index in [2.05, 4.69) is 15.3 Å². The van der Waals surface area contributed by atoms with Crippen molar-refractivity contribution in [3.63, 3.8) is 0 Å². The number of carbonyl (C=O) groups is 2. The Morgan fingerprint density at radius 3 is 2.41 bits per heavy atom. The molecule has 0 atom stereocenters. The molecular weight excluding hydrogens is 426 g/mol. The van der Waals surface area contributed by atoms with Crippen molar-refractivity contribution in [3.8, 4) is 0 Å². The van der Waals surface area contributed by atoms with Crippen LogP contribution in [0.3, 0.4) is 0 Å². The number of carbonyl (C=O) groups excluding carboxylic acids is 2. The normalized spacial score (nSPS) is 10.8. The largest absolute Gasteiger partial charge is 0.465 e. The highest BCUT2D eigenvalue weighted by atomic mass is 32.2. The van der Waals surface area contributed by atoms with E-state index in [-0.39, 0.29) is 11.9 Å². The molecule has 162 valence electrons. The average Bonchev–Trinajstić information content (AvgIpc) is 3.11. The van der Waals surface area contributed by atoms with Crippen molar-refractivity contribution in [2.24, 2.45) is 0 Å². The van der Waals surface area contributed by atoms with Crippen LogP contribution in [0.2, 0.25) is 0 Å². The molecule has 4 aromatic rings. The first kappa shape index (κ1) is 21.6. The summed E-state index contributed by atoms with van der Waals surface area (Å²) in [6, 6.07) is 16.1. The number of aromatic nitrogens is 2. The second-order valence-electron chi connectivity index (χ2n) is 7.12. The number of hydrogen-bond donors (Lipinski definition) is 1. The van der Waals surface area contributed by atoms with E-state index in [1.165, 1.54) is 18.9 Å². The third-order valence-electron chi connectivity index (χ3n) is 5.02. The van der Waals surface area contributed by atoms with Gasteiger partial charge in [-0.3, -0.25) is 4.79 Å². The van der Waals surface area contributed by atoms with E-state index in [1.54, 1.807) is 24.3 Å². The van der Waals surface area contributed by atoms with Gasteiger partial charge in [0.1, 0.15) is 11.6 Å². The molecule has 0 aliphatic heterocycles. The summed E-state index contributed by atoms with van der Waals surface area (Å²) >= 11 is 1.41. The van der Waals surface area contributed by atoms with Crippen LogP contribution in [0.5, 0.6) is 0 Å². The number of esters is 1. The quantitative estimate of drug-likeness (QED) is 0.247. The number of nitrogens with zero attached hydrogens (tertiary/aromatic N) is 2. The van der Waals surface area contributed by atoms with Crippen LogP contribution in [0, 0.1) is 13.8 Å². The zero-order valence-electron chi connectivity index (χ0n) is 17.8. The number of amides is 1. The molecule has 0 aliphatic carbocycles. The molecule has 1 amide bonds. The van der Waals surface area contributed by atoms with Crippen LogP contribution in [0.15, 0.2) is 64.2 Å². The zero-order valence-corrected chi connectivity index (χ0v) is 18.7. The van der Waals surface area contributed by atoms with Crippen LogP contribution in [0.1, 0.15) is 37.6 Å². The summed E-state index contributed by atoms with van der Waals surface area (Å²) in [4.78, 5) is 33.5. The Morgan fingerprint density at radius 1 is 1.00 bits per heavy atom. The first-order valence-electron chi connectivity index (χ1n) is 9.90. The summed E-state index contributed by atoms with van der Waals surface area (Å²) in [5.41, 5.74) is 3.34. The number of benzene rings is 2. The number of methoxy groups -OCH3 is 1. The third kappa shape index (κ3) is 4.50. The number of furan rings is 1. The summed E-state index contributed by atoms with van der Waals surface area (Å²) in [5, 5.41) is 4.08. The number of aryl methyl sites for hydroxylation is 2. The molecule has 2 heterocycles. The van der Waals surface area contributed by atoms with Gasteiger partial charge >= 0.3 is 5.97 Å². The van der Waals surface area contributed by atoms with Gasteiger partial charge in [0.05, 0.1) is 18.1 Å². The highest BCUT2D eigenvalue weighted by Gasteiger charge is 2.19. The van der Waals surface area contributed by atoms with Crippen molar-refractivity contribution >= 4 is 40.6 Å². The Balaban J connectivity index is 1.60. The Morgan fingerprint density at radius 2 is 1.72 bits per heavy atom. The second-order valence-corrected chi connectivity index (χ2v) is 8.06. The monoisotopic (exact) mass is 447 g/mol. The molecule has 8 heteroatoms. The lowest BCUT2D eigenvalue weighted by molar-refractivity contribution is 0.0600.